The van der Waals surface area contributed by atoms with E-state index in [4.69, 9.17) is 0 Å². The Kier molecular flexibility index (Phi) is 3.71. The Balaban J connectivity index is 2.29. The molecule has 2 heteroatoms. The molecule has 0 spiro atoms. The molecule has 0 bridgehead atoms. The van der Waals surface area contributed by atoms with Crippen LogP contribution in [0.25, 0.3) is 0 Å². The van der Waals surface area contributed by atoms with Crippen LogP contribution in [0.4, 0.5) is 0 Å². The Labute approximate surface area is 75.2 Å². The van der Waals surface area contributed by atoms with Gasteiger partial charge in [0.25, 0.3) is 0 Å². The average molecular weight is 166 g/mol. The molecule has 0 radical (unpaired) electrons. The van der Waals surface area contributed by atoms with Crippen LogP contribution in [0.15, 0.2) is 24.6 Å². The Morgan fingerprint density at radius 2 is 1.08 bits per heavy atom. The highest BCUT2D eigenvalue weighted by Crippen LogP contribution is 2.02. The first-order chi connectivity index (χ1) is 5.86. The third-order valence-electron chi connectivity index (χ3n) is 2.07. The second-order valence-electron chi connectivity index (χ2n) is 3.04. The van der Waals surface area contributed by atoms with Gasteiger partial charge in [0.05, 0.1) is 0 Å². The summed E-state index contributed by atoms with van der Waals surface area (Å²) in [6.07, 6.45) is 8.55. The zero-order chi connectivity index (χ0) is 8.81. The van der Waals surface area contributed by atoms with Gasteiger partial charge in [-0.05, 0) is 26.2 Å². The average Bonchev–Trinajstić information content (AvgIpc) is 2.09. The maximum atomic E-state index is 2.36. The molecule has 1 fully saturated rings. The fourth-order valence-electron chi connectivity index (χ4n) is 1.46. The van der Waals surface area contributed by atoms with E-state index in [9.17, 15) is 0 Å². The van der Waals surface area contributed by atoms with Gasteiger partial charge in [-0.25, -0.2) is 0 Å². The van der Waals surface area contributed by atoms with Gasteiger partial charge < -0.3 is 9.80 Å². The van der Waals surface area contributed by atoms with E-state index >= 15 is 0 Å². The molecule has 2 nitrogen and oxygen atoms in total. The van der Waals surface area contributed by atoms with Crippen molar-refractivity contribution in [2.75, 3.05) is 26.2 Å². The first-order valence-electron chi connectivity index (χ1n) is 4.60. The summed E-state index contributed by atoms with van der Waals surface area (Å²) in [5.74, 6) is 0. The minimum absolute atomic E-state index is 1.15. The predicted octanol–water partition coefficient (Wildman–Crippen LogP) is 1.67. The number of hydrogen-bond acceptors (Lipinski definition) is 2. The summed E-state index contributed by atoms with van der Waals surface area (Å²) < 4.78 is 0. The molecule has 68 valence electrons. The van der Waals surface area contributed by atoms with Crippen LogP contribution in [0.5, 0.6) is 0 Å². The predicted molar refractivity (Wildman–Crippen MR) is 52.8 cm³/mol. The van der Waals surface area contributed by atoms with Crippen LogP contribution in [0.1, 0.15) is 13.8 Å². The molecule has 1 heterocycles. The second-order valence-corrected chi connectivity index (χ2v) is 3.04. The summed E-state index contributed by atoms with van der Waals surface area (Å²) in [7, 11) is 0. The van der Waals surface area contributed by atoms with E-state index in [-0.39, 0.29) is 0 Å². The zero-order valence-electron chi connectivity index (χ0n) is 8.03. The van der Waals surface area contributed by atoms with E-state index in [1.165, 1.54) is 0 Å². The maximum Gasteiger partial charge on any atom is 0.0349 e. The van der Waals surface area contributed by atoms with Gasteiger partial charge in [-0.1, -0.05) is 12.2 Å². The fourth-order valence-corrected chi connectivity index (χ4v) is 1.46. The van der Waals surface area contributed by atoms with Gasteiger partial charge in [0.15, 0.2) is 0 Å². The number of allylic oxidation sites excluding steroid dienone is 2. The normalized spacial score (nSPS) is 19.8. The van der Waals surface area contributed by atoms with Gasteiger partial charge in [-0.2, -0.15) is 0 Å². The molecule has 0 aliphatic carbocycles. The van der Waals surface area contributed by atoms with Gasteiger partial charge in [-0.15, -0.1) is 0 Å². The minimum Gasteiger partial charge on any atom is -0.374 e. The molecule has 1 rings (SSSR count). The molecule has 12 heavy (non-hydrogen) atoms. The Bertz CT molecular complexity index is 145. The minimum atomic E-state index is 1.15. The number of rotatable bonds is 2. The van der Waals surface area contributed by atoms with E-state index in [1.54, 1.807) is 0 Å². The molecule has 0 aromatic rings. The maximum absolute atomic E-state index is 2.36. The topological polar surface area (TPSA) is 6.48 Å². The van der Waals surface area contributed by atoms with Crippen LogP contribution >= 0.6 is 0 Å². The number of piperazine rings is 1. The van der Waals surface area contributed by atoms with Gasteiger partial charge in [0, 0.05) is 26.2 Å². The molecule has 0 N–H and O–H groups in total. The summed E-state index contributed by atoms with van der Waals surface area (Å²) in [4.78, 5) is 4.72. The Morgan fingerprint density at radius 3 is 1.33 bits per heavy atom. The molecule has 1 aliphatic rings. The van der Waals surface area contributed by atoms with E-state index < -0.39 is 0 Å². The van der Waals surface area contributed by atoms with Crippen molar-refractivity contribution < 1.29 is 0 Å². The van der Waals surface area contributed by atoms with Crippen LogP contribution in [0.2, 0.25) is 0 Å². The summed E-state index contributed by atoms with van der Waals surface area (Å²) >= 11 is 0. The molecule has 1 saturated heterocycles. The molecular formula is C10H18N2. The molecule has 1 aliphatic heterocycles. The second kappa shape index (κ2) is 4.86. The lowest BCUT2D eigenvalue weighted by Crippen LogP contribution is -2.41. The third-order valence-corrected chi connectivity index (χ3v) is 2.07. The third kappa shape index (κ3) is 2.61. The van der Waals surface area contributed by atoms with Gasteiger partial charge >= 0.3 is 0 Å². The van der Waals surface area contributed by atoms with E-state index in [0.29, 0.717) is 0 Å². The van der Waals surface area contributed by atoms with Crippen molar-refractivity contribution in [2.24, 2.45) is 0 Å². The monoisotopic (exact) mass is 166 g/mol. The fraction of sp³-hybridized carbons (Fsp3) is 0.600. The summed E-state index contributed by atoms with van der Waals surface area (Å²) in [5, 5.41) is 0. The number of hydrogen-bond donors (Lipinski definition) is 0. The van der Waals surface area contributed by atoms with Crippen molar-refractivity contribution in [3.8, 4) is 0 Å². The van der Waals surface area contributed by atoms with Crippen LogP contribution in [-0.4, -0.2) is 36.0 Å². The molecule has 0 saturated carbocycles. The number of nitrogens with zero attached hydrogens (tertiary/aromatic N) is 2. The van der Waals surface area contributed by atoms with Crippen molar-refractivity contribution >= 4 is 0 Å². The summed E-state index contributed by atoms with van der Waals surface area (Å²) in [6, 6.07) is 0. The van der Waals surface area contributed by atoms with Crippen LogP contribution in [0.3, 0.4) is 0 Å². The highest BCUT2D eigenvalue weighted by Gasteiger charge is 2.09. The van der Waals surface area contributed by atoms with Crippen LogP contribution in [0, 0.1) is 0 Å². The van der Waals surface area contributed by atoms with Crippen molar-refractivity contribution in [3.05, 3.63) is 24.6 Å². The van der Waals surface area contributed by atoms with E-state index in [2.05, 4.69) is 48.2 Å². The Hall–Kier alpha value is -0.920. The molecule has 0 aromatic carbocycles. The van der Waals surface area contributed by atoms with Gasteiger partial charge in [0.1, 0.15) is 0 Å². The molecule has 0 atom stereocenters. The first kappa shape index (κ1) is 9.17. The van der Waals surface area contributed by atoms with E-state index in [0.717, 1.165) is 26.2 Å². The highest BCUT2D eigenvalue weighted by molar-refractivity contribution is 4.87. The van der Waals surface area contributed by atoms with Gasteiger partial charge in [-0.3, -0.25) is 0 Å². The molecular weight excluding hydrogens is 148 g/mol. The smallest absolute Gasteiger partial charge is 0.0349 e. The lowest BCUT2D eigenvalue weighted by molar-refractivity contribution is 0.218. The molecule has 0 unspecified atom stereocenters. The standard InChI is InChI=1S/C10H18N2/c1-3-5-11-7-9-12(6-4-2)10-8-11/h3-6H,7-10H2,1-2H3/b5-3+,6-4+. The van der Waals surface area contributed by atoms with Crippen molar-refractivity contribution in [3.63, 3.8) is 0 Å². The molecule has 0 amide bonds. The zero-order valence-corrected chi connectivity index (χ0v) is 8.03. The highest BCUT2D eigenvalue weighted by atomic mass is 15.2. The SMILES string of the molecule is C/C=C/N1CCN(/C=C/C)CC1. The lowest BCUT2D eigenvalue weighted by atomic mass is 10.3. The van der Waals surface area contributed by atoms with Gasteiger partial charge in [0.2, 0.25) is 0 Å². The van der Waals surface area contributed by atoms with E-state index in [1.807, 2.05) is 0 Å². The quantitative estimate of drug-likeness (QED) is 0.615. The van der Waals surface area contributed by atoms with Crippen molar-refractivity contribution in [1.82, 2.24) is 9.80 Å². The largest absolute Gasteiger partial charge is 0.374 e. The Morgan fingerprint density at radius 1 is 0.750 bits per heavy atom. The van der Waals surface area contributed by atoms with Crippen molar-refractivity contribution in [1.29, 1.82) is 0 Å². The summed E-state index contributed by atoms with van der Waals surface area (Å²) in [6.45, 7) is 8.73. The lowest BCUT2D eigenvalue weighted by Gasteiger charge is -2.33. The van der Waals surface area contributed by atoms with Crippen LogP contribution < -0.4 is 0 Å². The van der Waals surface area contributed by atoms with Crippen molar-refractivity contribution in [2.45, 2.75) is 13.8 Å². The first-order valence-corrected chi connectivity index (χ1v) is 4.60. The summed E-state index contributed by atoms with van der Waals surface area (Å²) in [5.41, 5.74) is 0. The molecule has 0 aromatic heterocycles. The van der Waals surface area contributed by atoms with Crippen LogP contribution in [-0.2, 0) is 0 Å².